The van der Waals surface area contributed by atoms with Crippen molar-refractivity contribution in [1.29, 1.82) is 0 Å². The first-order valence-electron chi connectivity index (χ1n) is 7.73. The highest BCUT2D eigenvalue weighted by molar-refractivity contribution is 5.71. The number of aromatic amines is 1. The van der Waals surface area contributed by atoms with Crippen molar-refractivity contribution in [3.05, 3.63) is 72.1 Å². The largest absolute Gasteiger partial charge is 0.507 e. The summed E-state index contributed by atoms with van der Waals surface area (Å²) in [7, 11) is 0. The van der Waals surface area contributed by atoms with Crippen molar-refractivity contribution in [3.8, 4) is 16.9 Å². The van der Waals surface area contributed by atoms with E-state index in [2.05, 4.69) is 9.97 Å². The van der Waals surface area contributed by atoms with Crippen LogP contribution in [0, 0.1) is 11.7 Å². The summed E-state index contributed by atoms with van der Waals surface area (Å²) >= 11 is 0. The van der Waals surface area contributed by atoms with Gasteiger partial charge < -0.3 is 15.2 Å². The Hall–Kier alpha value is -2.66. The molecule has 24 heavy (non-hydrogen) atoms. The van der Waals surface area contributed by atoms with Crippen LogP contribution in [0.1, 0.15) is 25.1 Å². The van der Waals surface area contributed by atoms with Gasteiger partial charge in [0, 0.05) is 5.56 Å². The van der Waals surface area contributed by atoms with Crippen molar-refractivity contribution < 1.29 is 14.6 Å². The molecule has 0 fully saturated rings. The Morgan fingerprint density at radius 3 is 2.42 bits per heavy atom. The molecule has 5 heteroatoms. The number of nitrogens with zero attached hydrogens (tertiary/aromatic N) is 1. The van der Waals surface area contributed by atoms with Gasteiger partial charge in [0.15, 0.2) is 0 Å². The summed E-state index contributed by atoms with van der Waals surface area (Å²) in [6, 6.07) is 10.8. The molecule has 1 unspecified atom stereocenters. The molecule has 0 saturated heterocycles. The van der Waals surface area contributed by atoms with E-state index in [1.807, 2.05) is 13.8 Å². The molecular weight excluding hydrogens is 307 g/mol. The maximum absolute atomic E-state index is 13.1. The average molecular weight is 326 g/mol. The molecule has 0 aliphatic rings. The number of aromatic nitrogens is 2. The second-order valence-corrected chi connectivity index (χ2v) is 6.13. The quantitative estimate of drug-likeness (QED) is 0.683. The lowest BCUT2D eigenvalue weighted by Crippen LogP contribution is -2.33. The minimum atomic E-state index is -1.28. The third kappa shape index (κ3) is 2.67. The van der Waals surface area contributed by atoms with Crippen LogP contribution in [0.3, 0.4) is 0 Å². The maximum atomic E-state index is 13.1. The molecule has 4 nitrogen and oxygen atoms in total. The van der Waals surface area contributed by atoms with E-state index in [0.29, 0.717) is 22.4 Å². The number of imidazole rings is 1. The number of aromatic hydroxyl groups is 1. The van der Waals surface area contributed by atoms with Crippen molar-refractivity contribution >= 4 is 0 Å². The highest BCUT2D eigenvalue weighted by Gasteiger charge is 2.37. The van der Waals surface area contributed by atoms with Crippen LogP contribution in [0.5, 0.6) is 5.75 Å². The van der Waals surface area contributed by atoms with Gasteiger partial charge in [0.25, 0.3) is 0 Å². The van der Waals surface area contributed by atoms with Crippen LogP contribution in [-0.2, 0) is 5.60 Å². The van der Waals surface area contributed by atoms with E-state index >= 15 is 0 Å². The molecule has 3 rings (SSSR count). The number of phenols is 1. The molecular formula is C19H19FN2O2. The molecule has 0 aliphatic carbocycles. The third-order valence-corrected chi connectivity index (χ3v) is 4.34. The smallest absolute Gasteiger partial charge is 0.133 e. The number of rotatable bonds is 4. The van der Waals surface area contributed by atoms with Gasteiger partial charge in [-0.15, -0.1) is 0 Å². The SMILES string of the molecule is CC(C)C(O)(c1ccc(O)c(-c2ccc(F)cc2)c1)c1cnc[nH]1. The Kier molecular flexibility index (Phi) is 4.11. The predicted octanol–water partition coefficient (Wildman–Crippen LogP) is 3.81. The topological polar surface area (TPSA) is 69.1 Å². The molecule has 3 N–H and O–H groups in total. The van der Waals surface area contributed by atoms with Crippen molar-refractivity contribution in [2.75, 3.05) is 0 Å². The molecule has 124 valence electrons. The summed E-state index contributed by atoms with van der Waals surface area (Å²) in [5.41, 5.74) is 1.13. The normalized spacial score (nSPS) is 13.9. The van der Waals surface area contributed by atoms with Gasteiger partial charge in [0.05, 0.1) is 18.2 Å². The van der Waals surface area contributed by atoms with E-state index in [-0.39, 0.29) is 17.5 Å². The molecule has 0 saturated carbocycles. The van der Waals surface area contributed by atoms with E-state index in [9.17, 15) is 14.6 Å². The lowest BCUT2D eigenvalue weighted by Gasteiger charge is -2.32. The molecule has 1 atom stereocenters. The van der Waals surface area contributed by atoms with Crippen LogP contribution in [0.2, 0.25) is 0 Å². The van der Waals surface area contributed by atoms with Crippen molar-refractivity contribution in [2.24, 2.45) is 5.92 Å². The van der Waals surface area contributed by atoms with Crippen LogP contribution < -0.4 is 0 Å². The van der Waals surface area contributed by atoms with Crippen molar-refractivity contribution in [1.82, 2.24) is 9.97 Å². The molecule has 3 aromatic rings. The maximum Gasteiger partial charge on any atom is 0.133 e. The Labute approximate surface area is 139 Å². The lowest BCUT2D eigenvalue weighted by molar-refractivity contribution is 0.0279. The van der Waals surface area contributed by atoms with Crippen LogP contribution >= 0.6 is 0 Å². The van der Waals surface area contributed by atoms with E-state index < -0.39 is 5.60 Å². The summed E-state index contributed by atoms with van der Waals surface area (Å²) in [6.45, 7) is 3.82. The number of phenolic OH excluding ortho intramolecular Hbond substituents is 1. The molecule has 1 aromatic heterocycles. The van der Waals surface area contributed by atoms with Gasteiger partial charge in [-0.25, -0.2) is 9.37 Å². The fourth-order valence-corrected chi connectivity index (χ4v) is 2.90. The number of H-pyrrole nitrogens is 1. The van der Waals surface area contributed by atoms with Crippen molar-refractivity contribution in [2.45, 2.75) is 19.4 Å². The average Bonchev–Trinajstić information content (AvgIpc) is 3.10. The van der Waals surface area contributed by atoms with Gasteiger partial charge in [0.1, 0.15) is 17.2 Å². The first-order chi connectivity index (χ1) is 11.4. The first kappa shape index (κ1) is 16.2. The number of aliphatic hydroxyl groups is 1. The Morgan fingerprint density at radius 1 is 1.12 bits per heavy atom. The summed E-state index contributed by atoms with van der Waals surface area (Å²) < 4.78 is 13.1. The Bertz CT molecular complexity index is 829. The summed E-state index contributed by atoms with van der Waals surface area (Å²) in [5.74, 6) is -0.407. The van der Waals surface area contributed by atoms with E-state index in [4.69, 9.17) is 0 Å². The Balaban J connectivity index is 2.15. The molecule has 0 spiro atoms. The number of halogens is 1. The van der Waals surface area contributed by atoms with Gasteiger partial charge in [0.2, 0.25) is 0 Å². The number of hydrogen-bond donors (Lipinski definition) is 3. The monoisotopic (exact) mass is 326 g/mol. The third-order valence-electron chi connectivity index (χ3n) is 4.34. The number of hydrogen-bond acceptors (Lipinski definition) is 3. The summed E-state index contributed by atoms with van der Waals surface area (Å²) in [6.07, 6.45) is 3.11. The predicted molar refractivity (Wildman–Crippen MR) is 89.9 cm³/mol. The van der Waals surface area contributed by atoms with Crippen LogP contribution in [0.4, 0.5) is 4.39 Å². The fourth-order valence-electron chi connectivity index (χ4n) is 2.90. The number of benzene rings is 2. The van der Waals surface area contributed by atoms with Crippen LogP contribution in [0.15, 0.2) is 55.0 Å². The molecule has 0 amide bonds. The van der Waals surface area contributed by atoms with Gasteiger partial charge in [-0.05, 0) is 41.3 Å². The van der Waals surface area contributed by atoms with Crippen molar-refractivity contribution in [3.63, 3.8) is 0 Å². The molecule has 1 heterocycles. The standard InChI is InChI=1S/C19H19FN2O2/c1-12(2)19(24,18-10-21-11-22-18)14-5-8-17(23)16(9-14)13-3-6-15(20)7-4-13/h3-12,23-24H,1-2H3,(H,21,22). The van der Waals surface area contributed by atoms with Crippen LogP contribution in [0.25, 0.3) is 11.1 Å². The second kappa shape index (κ2) is 6.09. The first-order valence-corrected chi connectivity index (χ1v) is 7.73. The minimum Gasteiger partial charge on any atom is -0.507 e. The summed E-state index contributed by atoms with van der Waals surface area (Å²) in [4.78, 5) is 6.96. The zero-order valence-corrected chi connectivity index (χ0v) is 13.5. The highest BCUT2D eigenvalue weighted by atomic mass is 19.1. The van der Waals surface area contributed by atoms with Gasteiger partial charge in [-0.2, -0.15) is 0 Å². The van der Waals surface area contributed by atoms with Gasteiger partial charge in [-0.1, -0.05) is 32.0 Å². The second-order valence-electron chi connectivity index (χ2n) is 6.13. The molecule has 0 radical (unpaired) electrons. The molecule has 0 aliphatic heterocycles. The minimum absolute atomic E-state index is 0.0704. The number of nitrogens with one attached hydrogen (secondary N) is 1. The molecule has 2 aromatic carbocycles. The zero-order chi connectivity index (χ0) is 17.3. The van der Waals surface area contributed by atoms with E-state index in [1.165, 1.54) is 24.5 Å². The van der Waals surface area contributed by atoms with Gasteiger partial charge >= 0.3 is 0 Å². The lowest BCUT2D eigenvalue weighted by atomic mass is 9.80. The van der Waals surface area contributed by atoms with E-state index in [0.717, 1.165) is 0 Å². The summed E-state index contributed by atoms with van der Waals surface area (Å²) in [5, 5.41) is 21.5. The molecule has 0 bridgehead atoms. The van der Waals surface area contributed by atoms with E-state index in [1.54, 1.807) is 30.5 Å². The van der Waals surface area contributed by atoms with Gasteiger partial charge in [-0.3, -0.25) is 0 Å². The fraction of sp³-hybridized carbons (Fsp3) is 0.211. The zero-order valence-electron chi connectivity index (χ0n) is 13.5. The van der Waals surface area contributed by atoms with Crippen LogP contribution in [-0.4, -0.2) is 20.2 Å². The highest BCUT2D eigenvalue weighted by Crippen LogP contribution is 2.39. The Morgan fingerprint density at radius 2 is 1.83 bits per heavy atom.